The molecule has 2 aromatic heterocycles. The summed E-state index contributed by atoms with van der Waals surface area (Å²) < 4.78 is 6.39. The van der Waals surface area contributed by atoms with Crippen molar-refractivity contribution in [3.05, 3.63) is 35.7 Å². The smallest absolute Gasteiger partial charge is 0.356 e. The van der Waals surface area contributed by atoms with E-state index in [9.17, 15) is 9.59 Å². The van der Waals surface area contributed by atoms with Crippen LogP contribution in [0.15, 0.2) is 23.2 Å². The predicted octanol–water partition coefficient (Wildman–Crippen LogP) is 0.308. The van der Waals surface area contributed by atoms with Gasteiger partial charge in [-0.15, -0.1) is 0 Å². The fourth-order valence-corrected chi connectivity index (χ4v) is 1.48. The molecule has 8 nitrogen and oxygen atoms in total. The van der Waals surface area contributed by atoms with Crippen LogP contribution in [0.4, 0.5) is 0 Å². The Morgan fingerprint density at radius 3 is 2.89 bits per heavy atom. The van der Waals surface area contributed by atoms with Gasteiger partial charge in [0, 0.05) is 24.8 Å². The van der Waals surface area contributed by atoms with Gasteiger partial charge in [0.05, 0.1) is 12.5 Å². The number of hydrogen-bond donors (Lipinski definition) is 2. The number of nitrogens with one attached hydrogen (secondary N) is 1. The van der Waals surface area contributed by atoms with E-state index >= 15 is 0 Å². The van der Waals surface area contributed by atoms with E-state index in [2.05, 4.69) is 15.5 Å². The zero-order chi connectivity index (χ0) is 13.8. The van der Waals surface area contributed by atoms with Gasteiger partial charge in [-0.05, 0) is 6.92 Å². The first kappa shape index (κ1) is 12.8. The Bertz CT molecular complexity index is 601. The summed E-state index contributed by atoms with van der Waals surface area (Å²) in [5.74, 6) is -1.26. The van der Waals surface area contributed by atoms with Gasteiger partial charge in [0.15, 0.2) is 5.69 Å². The van der Waals surface area contributed by atoms with Gasteiger partial charge in [-0.25, -0.2) is 9.78 Å². The molecule has 0 bridgehead atoms. The van der Waals surface area contributed by atoms with Gasteiger partial charge in [-0.1, -0.05) is 5.16 Å². The Balaban J connectivity index is 1.85. The maximum atomic E-state index is 11.7. The molecule has 0 saturated heterocycles. The minimum atomic E-state index is -1.08. The van der Waals surface area contributed by atoms with Crippen LogP contribution in [0.5, 0.6) is 0 Å². The van der Waals surface area contributed by atoms with Crippen molar-refractivity contribution in [2.45, 2.75) is 13.5 Å². The number of carboxylic acids is 1. The van der Waals surface area contributed by atoms with Crippen LogP contribution in [0.2, 0.25) is 0 Å². The number of aromatic carboxylic acids is 1. The van der Waals surface area contributed by atoms with Gasteiger partial charge in [-0.3, -0.25) is 4.79 Å². The Kier molecular flexibility index (Phi) is 3.60. The molecule has 0 aliphatic heterocycles. The second-order valence-corrected chi connectivity index (χ2v) is 3.90. The molecule has 0 aromatic carbocycles. The predicted molar refractivity (Wildman–Crippen MR) is 62.8 cm³/mol. The minimum absolute atomic E-state index is 0.0302. The molecule has 0 saturated carbocycles. The number of nitrogens with zero attached hydrogens (tertiary/aromatic N) is 3. The van der Waals surface area contributed by atoms with Crippen molar-refractivity contribution in [3.8, 4) is 0 Å². The first-order chi connectivity index (χ1) is 9.08. The van der Waals surface area contributed by atoms with Crippen LogP contribution in [-0.4, -0.2) is 38.2 Å². The van der Waals surface area contributed by atoms with E-state index in [1.165, 1.54) is 18.7 Å². The molecule has 0 spiro atoms. The number of carbonyl (C=O) groups excluding carboxylic acids is 1. The summed E-state index contributed by atoms with van der Waals surface area (Å²) in [5, 5.41) is 14.9. The summed E-state index contributed by atoms with van der Waals surface area (Å²) in [6.45, 7) is 2.47. The van der Waals surface area contributed by atoms with Crippen LogP contribution in [0.3, 0.4) is 0 Å². The van der Waals surface area contributed by atoms with E-state index in [-0.39, 0.29) is 17.4 Å². The van der Waals surface area contributed by atoms with Crippen LogP contribution in [0, 0.1) is 6.92 Å². The van der Waals surface area contributed by atoms with Gasteiger partial charge >= 0.3 is 5.97 Å². The van der Waals surface area contributed by atoms with Crippen molar-refractivity contribution in [1.82, 2.24) is 20.0 Å². The molecule has 2 heterocycles. The molecule has 0 fully saturated rings. The molecule has 2 rings (SSSR count). The highest BCUT2D eigenvalue weighted by Gasteiger charge is 2.13. The Morgan fingerprint density at radius 2 is 2.32 bits per heavy atom. The quantitative estimate of drug-likeness (QED) is 0.804. The average Bonchev–Trinajstić information content (AvgIpc) is 2.97. The van der Waals surface area contributed by atoms with Crippen molar-refractivity contribution in [1.29, 1.82) is 0 Å². The zero-order valence-electron chi connectivity index (χ0n) is 10.2. The number of hydrogen-bond acceptors (Lipinski definition) is 5. The first-order valence-corrected chi connectivity index (χ1v) is 5.52. The van der Waals surface area contributed by atoms with Gasteiger partial charge in [0.1, 0.15) is 0 Å². The fraction of sp³-hybridized carbons (Fsp3) is 0.273. The van der Waals surface area contributed by atoms with Crippen molar-refractivity contribution in [2.75, 3.05) is 6.54 Å². The third-order valence-electron chi connectivity index (χ3n) is 2.46. The minimum Gasteiger partial charge on any atom is -0.476 e. The molecular formula is C11H12N4O4. The zero-order valence-corrected chi connectivity index (χ0v) is 10.2. The van der Waals surface area contributed by atoms with Crippen LogP contribution in [0.25, 0.3) is 0 Å². The van der Waals surface area contributed by atoms with E-state index in [4.69, 9.17) is 9.63 Å². The molecule has 0 unspecified atom stereocenters. The van der Waals surface area contributed by atoms with Crippen molar-refractivity contribution in [2.24, 2.45) is 0 Å². The van der Waals surface area contributed by atoms with Gasteiger partial charge < -0.3 is 19.5 Å². The molecule has 0 radical (unpaired) electrons. The Morgan fingerprint density at radius 1 is 1.53 bits per heavy atom. The lowest BCUT2D eigenvalue weighted by molar-refractivity contribution is 0.0690. The lowest BCUT2D eigenvalue weighted by atomic mass is 10.3. The standard InChI is InChI=1S/C11H12N4O4/c1-7-4-14-19-9(7)10(16)12-2-3-15-5-8(11(17)18)13-6-15/h4-6H,2-3H2,1H3,(H,12,16)(H,17,18). The van der Waals surface area contributed by atoms with Crippen LogP contribution >= 0.6 is 0 Å². The van der Waals surface area contributed by atoms with E-state index in [1.807, 2.05) is 0 Å². The fourth-order valence-electron chi connectivity index (χ4n) is 1.48. The lowest BCUT2D eigenvalue weighted by Gasteiger charge is -2.03. The molecule has 19 heavy (non-hydrogen) atoms. The first-order valence-electron chi connectivity index (χ1n) is 5.52. The molecule has 2 N–H and O–H groups in total. The highest BCUT2D eigenvalue weighted by molar-refractivity contribution is 5.92. The normalized spacial score (nSPS) is 10.4. The maximum absolute atomic E-state index is 11.7. The largest absolute Gasteiger partial charge is 0.476 e. The molecule has 1 amide bonds. The van der Waals surface area contributed by atoms with Crippen LogP contribution in [0.1, 0.15) is 26.6 Å². The summed E-state index contributed by atoms with van der Waals surface area (Å²) in [6.07, 6.45) is 4.26. The summed E-state index contributed by atoms with van der Waals surface area (Å²) in [4.78, 5) is 26.0. The van der Waals surface area contributed by atoms with Gasteiger partial charge in [0.25, 0.3) is 5.91 Å². The summed E-state index contributed by atoms with van der Waals surface area (Å²) in [6, 6.07) is 0. The van der Waals surface area contributed by atoms with Crippen molar-refractivity contribution in [3.63, 3.8) is 0 Å². The van der Waals surface area contributed by atoms with Crippen LogP contribution < -0.4 is 5.32 Å². The monoisotopic (exact) mass is 264 g/mol. The number of amides is 1. The number of aromatic nitrogens is 3. The maximum Gasteiger partial charge on any atom is 0.356 e. The van der Waals surface area contributed by atoms with Crippen molar-refractivity contribution >= 4 is 11.9 Å². The second kappa shape index (κ2) is 5.34. The van der Waals surface area contributed by atoms with Gasteiger partial charge in [-0.2, -0.15) is 0 Å². The molecule has 0 aliphatic rings. The van der Waals surface area contributed by atoms with E-state index in [0.29, 0.717) is 18.7 Å². The SMILES string of the molecule is Cc1cnoc1C(=O)NCCn1cnc(C(=O)O)c1. The molecular weight excluding hydrogens is 252 g/mol. The molecule has 2 aromatic rings. The van der Waals surface area contributed by atoms with Gasteiger partial charge in [0.2, 0.25) is 5.76 Å². The molecule has 8 heteroatoms. The number of carbonyl (C=O) groups is 2. The topological polar surface area (TPSA) is 110 Å². The Hall–Kier alpha value is -2.64. The summed E-state index contributed by atoms with van der Waals surface area (Å²) in [7, 11) is 0. The number of rotatable bonds is 5. The third-order valence-corrected chi connectivity index (χ3v) is 2.46. The number of imidazole rings is 1. The second-order valence-electron chi connectivity index (χ2n) is 3.90. The summed E-state index contributed by atoms with van der Waals surface area (Å²) >= 11 is 0. The highest BCUT2D eigenvalue weighted by Crippen LogP contribution is 2.04. The molecule has 100 valence electrons. The van der Waals surface area contributed by atoms with E-state index < -0.39 is 5.97 Å². The number of carboxylic acid groups (broad SMARTS) is 1. The van der Waals surface area contributed by atoms with Crippen molar-refractivity contribution < 1.29 is 19.2 Å². The van der Waals surface area contributed by atoms with Crippen LogP contribution in [-0.2, 0) is 6.54 Å². The van der Waals surface area contributed by atoms with E-state index in [1.54, 1.807) is 11.5 Å². The average molecular weight is 264 g/mol. The third kappa shape index (κ3) is 2.97. The number of aryl methyl sites for hydroxylation is 1. The molecule has 0 aliphatic carbocycles. The van der Waals surface area contributed by atoms with E-state index in [0.717, 1.165) is 0 Å². The molecule has 0 atom stereocenters. The highest BCUT2D eigenvalue weighted by atomic mass is 16.5. The Labute approximate surface area is 108 Å². The summed E-state index contributed by atoms with van der Waals surface area (Å²) in [5.41, 5.74) is 0.630. The lowest BCUT2D eigenvalue weighted by Crippen LogP contribution is -2.27.